The molecule has 0 aliphatic carbocycles. The molecular weight excluding hydrogens is 635 g/mol. The van der Waals surface area contributed by atoms with E-state index in [4.69, 9.17) is 19.1 Å². The Labute approximate surface area is 291 Å². The maximum absolute atomic E-state index is 12.5. The molecule has 0 aliphatic rings. The maximum atomic E-state index is 12.5. The highest BCUT2D eigenvalue weighted by Crippen LogP contribution is 2.43. The Bertz CT molecular complexity index is 905. The number of rotatable bonds is 34. The fourth-order valence-corrected chi connectivity index (χ4v) is 5.50. The molecule has 0 heterocycles. The molecule has 3 unspecified atom stereocenters. The van der Waals surface area contributed by atoms with Crippen LogP contribution >= 0.6 is 7.82 Å². The van der Waals surface area contributed by atoms with E-state index >= 15 is 0 Å². The van der Waals surface area contributed by atoms with E-state index < -0.39 is 51.8 Å². The Balaban J connectivity index is 4.35. The minimum atomic E-state index is -4.61. The summed E-state index contributed by atoms with van der Waals surface area (Å²) in [6.45, 7) is 2.20. The van der Waals surface area contributed by atoms with Gasteiger partial charge in [0, 0.05) is 12.8 Å². The zero-order valence-corrected chi connectivity index (χ0v) is 30.8. The summed E-state index contributed by atoms with van der Waals surface area (Å²) in [6, 6.07) is 0. The standard InChI is InChI=1S/C37H67O10P/c1-3-5-7-9-11-13-14-15-16-17-18-19-20-21-23-25-27-29-37(41)47-35(33-46-48(42,43)45-31-34(39)30-38)32-44-36(40)28-26-24-22-12-10-8-6-4-2/h5,7,11,13,15-16,34-35,38-39H,3-4,6,8-10,12,14,17-33H2,1-2H3,(H,42,43)/b7-5-,13-11-,16-15-. The van der Waals surface area contributed by atoms with E-state index in [0.717, 1.165) is 70.6 Å². The Kier molecular flexibility index (Phi) is 32.4. The zero-order valence-electron chi connectivity index (χ0n) is 29.9. The lowest BCUT2D eigenvalue weighted by Crippen LogP contribution is -2.29. The minimum Gasteiger partial charge on any atom is -0.462 e. The summed E-state index contributed by atoms with van der Waals surface area (Å²) in [5.74, 6) is -0.943. The SMILES string of the molecule is CC/C=C\C/C=C\C/C=C\CCCCCCCCCC(=O)OC(COC(=O)CCCCCCCCCC)COP(=O)(O)OCC(O)CO. The molecule has 11 heteroatoms. The van der Waals surface area contributed by atoms with Crippen LogP contribution in [0.3, 0.4) is 0 Å². The van der Waals surface area contributed by atoms with Crippen LogP contribution in [0.5, 0.6) is 0 Å². The first kappa shape index (κ1) is 46.2. The van der Waals surface area contributed by atoms with Crippen molar-refractivity contribution in [2.75, 3.05) is 26.4 Å². The molecule has 0 aromatic rings. The van der Waals surface area contributed by atoms with Crippen molar-refractivity contribution < 1.29 is 47.8 Å². The van der Waals surface area contributed by atoms with Crippen LogP contribution in [0.1, 0.15) is 149 Å². The van der Waals surface area contributed by atoms with Crippen molar-refractivity contribution in [3.05, 3.63) is 36.5 Å². The quantitative estimate of drug-likeness (QED) is 0.0257. The molecule has 10 nitrogen and oxygen atoms in total. The van der Waals surface area contributed by atoms with Gasteiger partial charge in [0.2, 0.25) is 0 Å². The number of unbranched alkanes of at least 4 members (excludes halogenated alkanes) is 14. The van der Waals surface area contributed by atoms with E-state index in [-0.39, 0.29) is 19.4 Å². The lowest BCUT2D eigenvalue weighted by Gasteiger charge is -2.20. The predicted octanol–water partition coefficient (Wildman–Crippen LogP) is 8.83. The second-order valence-electron chi connectivity index (χ2n) is 12.2. The van der Waals surface area contributed by atoms with Crippen LogP contribution in [0.15, 0.2) is 36.5 Å². The number of aliphatic hydroxyl groups excluding tert-OH is 2. The molecule has 0 saturated carbocycles. The highest BCUT2D eigenvalue weighted by Gasteiger charge is 2.27. The van der Waals surface area contributed by atoms with Gasteiger partial charge in [0.25, 0.3) is 0 Å². The Morgan fingerprint density at radius 3 is 1.73 bits per heavy atom. The van der Waals surface area contributed by atoms with Gasteiger partial charge in [-0.3, -0.25) is 18.6 Å². The van der Waals surface area contributed by atoms with Crippen molar-refractivity contribution >= 4 is 19.8 Å². The first-order chi connectivity index (χ1) is 23.2. The van der Waals surface area contributed by atoms with Crippen LogP contribution in [0.25, 0.3) is 0 Å². The third-order valence-corrected chi connectivity index (χ3v) is 8.51. The van der Waals surface area contributed by atoms with Gasteiger partial charge in [-0.1, -0.05) is 127 Å². The molecule has 0 amide bonds. The summed E-state index contributed by atoms with van der Waals surface area (Å²) < 4.78 is 32.5. The van der Waals surface area contributed by atoms with Gasteiger partial charge in [-0.25, -0.2) is 4.57 Å². The minimum absolute atomic E-state index is 0.173. The van der Waals surface area contributed by atoms with Crippen LogP contribution in [-0.2, 0) is 32.7 Å². The topological polar surface area (TPSA) is 149 Å². The van der Waals surface area contributed by atoms with Crippen LogP contribution in [0, 0.1) is 0 Å². The smallest absolute Gasteiger partial charge is 0.462 e. The fraction of sp³-hybridized carbons (Fsp3) is 0.784. The van der Waals surface area contributed by atoms with Gasteiger partial charge in [0.1, 0.15) is 12.7 Å². The van der Waals surface area contributed by atoms with E-state index in [9.17, 15) is 24.2 Å². The van der Waals surface area contributed by atoms with E-state index in [0.29, 0.717) is 12.8 Å². The molecule has 0 rings (SSSR count). The monoisotopic (exact) mass is 702 g/mol. The molecule has 280 valence electrons. The highest BCUT2D eigenvalue weighted by atomic mass is 31.2. The zero-order chi connectivity index (χ0) is 35.6. The van der Waals surface area contributed by atoms with E-state index in [1.54, 1.807) is 0 Å². The molecule has 0 saturated heterocycles. The number of ether oxygens (including phenoxy) is 2. The number of esters is 2. The normalized spacial score (nSPS) is 14.5. The first-order valence-corrected chi connectivity index (χ1v) is 19.9. The molecule has 0 aromatic heterocycles. The molecule has 3 atom stereocenters. The first-order valence-electron chi connectivity index (χ1n) is 18.4. The second-order valence-corrected chi connectivity index (χ2v) is 13.7. The number of carbonyl (C=O) groups excluding carboxylic acids is 2. The van der Waals surface area contributed by atoms with Gasteiger partial charge in [-0.15, -0.1) is 0 Å². The number of carbonyl (C=O) groups is 2. The van der Waals surface area contributed by atoms with Crippen molar-refractivity contribution in [3.63, 3.8) is 0 Å². The molecular formula is C37H67O10P. The van der Waals surface area contributed by atoms with E-state index in [1.807, 2.05) is 0 Å². The molecule has 0 aromatic carbocycles. The van der Waals surface area contributed by atoms with Crippen molar-refractivity contribution in [3.8, 4) is 0 Å². The molecule has 0 fully saturated rings. The highest BCUT2D eigenvalue weighted by molar-refractivity contribution is 7.47. The van der Waals surface area contributed by atoms with Gasteiger partial charge in [-0.05, 0) is 44.9 Å². The number of phosphoric acid groups is 1. The third-order valence-electron chi connectivity index (χ3n) is 7.56. The molecule has 0 spiro atoms. The third kappa shape index (κ3) is 32.7. The van der Waals surface area contributed by atoms with E-state index in [1.165, 1.54) is 38.5 Å². The van der Waals surface area contributed by atoms with Gasteiger partial charge < -0.3 is 24.6 Å². The molecule has 0 radical (unpaired) electrons. The molecule has 0 aliphatic heterocycles. The summed E-state index contributed by atoms with van der Waals surface area (Å²) >= 11 is 0. The van der Waals surface area contributed by atoms with Crippen LogP contribution < -0.4 is 0 Å². The predicted molar refractivity (Wildman–Crippen MR) is 191 cm³/mol. The number of hydrogen-bond donors (Lipinski definition) is 3. The number of hydrogen-bond acceptors (Lipinski definition) is 9. The molecule has 3 N–H and O–H groups in total. The summed E-state index contributed by atoms with van der Waals surface area (Å²) in [7, 11) is -4.61. The molecule has 48 heavy (non-hydrogen) atoms. The fourth-order valence-electron chi connectivity index (χ4n) is 4.71. The number of allylic oxidation sites excluding steroid dienone is 6. The summed E-state index contributed by atoms with van der Waals surface area (Å²) in [6.07, 6.45) is 31.3. The number of phosphoric ester groups is 1. The van der Waals surface area contributed by atoms with Crippen molar-refractivity contribution in [1.29, 1.82) is 0 Å². The summed E-state index contributed by atoms with van der Waals surface area (Å²) in [5, 5.41) is 18.2. The van der Waals surface area contributed by atoms with Crippen molar-refractivity contribution in [2.24, 2.45) is 0 Å². The van der Waals surface area contributed by atoms with Crippen LogP contribution in [0.2, 0.25) is 0 Å². The number of aliphatic hydroxyl groups is 2. The van der Waals surface area contributed by atoms with E-state index in [2.05, 4.69) is 54.8 Å². The Morgan fingerprint density at radius 1 is 0.646 bits per heavy atom. The second kappa shape index (κ2) is 33.7. The van der Waals surface area contributed by atoms with Crippen molar-refractivity contribution in [2.45, 2.75) is 161 Å². The van der Waals surface area contributed by atoms with Gasteiger partial charge in [0.15, 0.2) is 6.10 Å². The lowest BCUT2D eigenvalue weighted by molar-refractivity contribution is -0.161. The maximum Gasteiger partial charge on any atom is 0.472 e. The Hall–Kier alpha value is -1.81. The van der Waals surface area contributed by atoms with Crippen molar-refractivity contribution in [1.82, 2.24) is 0 Å². The summed E-state index contributed by atoms with van der Waals surface area (Å²) in [4.78, 5) is 34.7. The summed E-state index contributed by atoms with van der Waals surface area (Å²) in [5.41, 5.74) is 0. The Morgan fingerprint density at radius 2 is 1.15 bits per heavy atom. The van der Waals surface area contributed by atoms with Crippen LogP contribution in [0.4, 0.5) is 0 Å². The molecule has 0 bridgehead atoms. The lowest BCUT2D eigenvalue weighted by atomic mass is 10.1. The van der Waals surface area contributed by atoms with Gasteiger partial charge in [0.05, 0.1) is 19.8 Å². The largest absolute Gasteiger partial charge is 0.472 e. The van der Waals surface area contributed by atoms with Gasteiger partial charge >= 0.3 is 19.8 Å². The van der Waals surface area contributed by atoms with Gasteiger partial charge in [-0.2, -0.15) is 0 Å². The van der Waals surface area contributed by atoms with Crippen LogP contribution in [-0.4, -0.2) is 65.7 Å². The average molecular weight is 703 g/mol. The average Bonchev–Trinajstić information content (AvgIpc) is 3.07.